The molecule has 0 atom stereocenters. The zero-order valence-electron chi connectivity index (χ0n) is 11.3. The minimum Gasteiger partial charge on any atom is -0.394 e. The Morgan fingerprint density at radius 2 is 1.95 bits per heavy atom. The second-order valence-electron chi connectivity index (χ2n) is 3.94. The Hall–Kier alpha value is -1.71. The van der Waals surface area contributed by atoms with Crippen LogP contribution in [0.5, 0.6) is 0 Å². The molecule has 1 aromatic heterocycles. The fourth-order valence-electron chi connectivity index (χ4n) is 1.25. The molecule has 0 unspecified atom stereocenters. The standard InChI is InChI=1S/C10H21N7O2/c1-17(2)10-14-8(13-9(15-10)16-11)12-4-3-6-19-7-5-18/h18H,3-7,11H2,1-2H3,(H2,12,13,14,15,16). The molecule has 0 aromatic carbocycles. The van der Waals surface area contributed by atoms with Crippen LogP contribution in [-0.4, -0.2) is 60.5 Å². The molecule has 0 amide bonds. The van der Waals surface area contributed by atoms with E-state index in [0.29, 0.717) is 37.6 Å². The molecule has 0 saturated carbocycles. The van der Waals surface area contributed by atoms with Crippen LogP contribution in [0.3, 0.4) is 0 Å². The number of aliphatic hydroxyl groups excluding tert-OH is 1. The zero-order valence-corrected chi connectivity index (χ0v) is 11.3. The predicted molar refractivity (Wildman–Crippen MR) is 73.0 cm³/mol. The van der Waals surface area contributed by atoms with Gasteiger partial charge in [0.15, 0.2) is 0 Å². The molecule has 0 bridgehead atoms. The van der Waals surface area contributed by atoms with Crippen molar-refractivity contribution in [3.8, 4) is 0 Å². The van der Waals surface area contributed by atoms with E-state index in [4.69, 9.17) is 15.7 Å². The van der Waals surface area contributed by atoms with Crippen molar-refractivity contribution in [3.05, 3.63) is 0 Å². The summed E-state index contributed by atoms with van der Waals surface area (Å²) in [6.45, 7) is 1.63. The number of anilines is 3. The Kier molecular flexibility index (Phi) is 6.79. The summed E-state index contributed by atoms with van der Waals surface area (Å²) in [4.78, 5) is 14.2. The number of hydrogen-bond donors (Lipinski definition) is 4. The minimum atomic E-state index is 0.0403. The number of hydrogen-bond acceptors (Lipinski definition) is 9. The molecule has 1 heterocycles. The van der Waals surface area contributed by atoms with Gasteiger partial charge < -0.3 is 20.1 Å². The van der Waals surface area contributed by atoms with Crippen LogP contribution in [-0.2, 0) is 4.74 Å². The van der Waals surface area contributed by atoms with Gasteiger partial charge in [0.1, 0.15) is 0 Å². The smallest absolute Gasteiger partial charge is 0.243 e. The number of aromatic nitrogens is 3. The summed E-state index contributed by atoms with van der Waals surface area (Å²) in [5.41, 5.74) is 2.40. The fourth-order valence-corrected chi connectivity index (χ4v) is 1.25. The number of aliphatic hydroxyl groups is 1. The molecule has 0 saturated heterocycles. The minimum absolute atomic E-state index is 0.0403. The molecule has 0 aliphatic rings. The molecule has 108 valence electrons. The fraction of sp³-hybridized carbons (Fsp3) is 0.700. The summed E-state index contributed by atoms with van der Waals surface area (Å²) >= 11 is 0. The number of nitrogen functional groups attached to an aromatic ring is 1. The third kappa shape index (κ3) is 5.64. The van der Waals surface area contributed by atoms with Crippen LogP contribution in [0.4, 0.5) is 17.8 Å². The molecule has 0 radical (unpaired) electrons. The van der Waals surface area contributed by atoms with Gasteiger partial charge in [-0.2, -0.15) is 15.0 Å². The molecule has 1 rings (SSSR count). The number of nitrogens with two attached hydrogens (primary N) is 1. The van der Waals surface area contributed by atoms with Crippen LogP contribution < -0.4 is 21.5 Å². The van der Waals surface area contributed by atoms with E-state index in [1.54, 1.807) is 4.90 Å². The second kappa shape index (κ2) is 8.40. The van der Waals surface area contributed by atoms with E-state index in [2.05, 4.69) is 25.7 Å². The summed E-state index contributed by atoms with van der Waals surface area (Å²) in [5, 5.41) is 11.6. The average molecular weight is 271 g/mol. The SMILES string of the molecule is CN(C)c1nc(NN)nc(NCCCOCCO)n1. The van der Waals surface area contributed by atoms with Gasteiger partial charge >= 0.3 is 0 Å². The van der Waals surface area contributed by atoms with E-state index in [0.717, 1.165) is 6.42 Å². The molecule has 0 fully saturated rings. The monoisotopic (exact) mass is 271 g/mol. The summed E-state index contributed by atoms with van der Waals surface area (Å²) in [7, 11) is 3.67. The molecule has 5 N–H and O–H groups in total. The number of nitrogens with one attached hydrogen (secondary N) is 2. The topological polar surface area (TPSA) is 121 Å². The van der Waals surface area contributed by atoms with Crippen molar-refractivity contribution in [3.63, 3.8) is 0 Å². The Morgan fingerprint density at radius 3 is 2.58 bits per heavy atom. The summed E-state index contributed by atoms with van der Waals surface area (Å²) < 4.78 is 5.14. The molecule has 19 heavy (non-hydrogen) atoms. The highest BCUT2D eigenvalue weighted by atomic mass is 16.5. The average Bonchev–Trinajstić information content (AvgIpc) is 2.42. The van der Waals surface area contributed by atoms with Gasteiger partial charge in [-0.25, -0.2) is 5.84 Å². The second-order valence-corrected chi connectivity index (χ2v) is 3.94. The van der Waals surface area contributed by atoms with E-state index in [1.165, 1.54) is 0 Å². The van der Waals surface area contributed by atoms with E-state index in [1.807, 2.05) is 14.1 Å². The lowest BCUT2D eigenvalue weighted by Gasteiger charge is -2.13. The molecule has 0 aliphatic carbocycles. The first-order valence-electron chi connectivity index (χ1n) is 6.00. The van der Waals surface area contributed by atoms with Crippen LogP contribution in [0.2, 0.25) is 0 Å². The summed E-state index contributed by atoms with van der Waals surface area (Å²) in [6.07, 6.45) is 0.786. The Balaban J connectivity index is 2.46. The van der Waals surface area contributed by atoms with Crippen LogP contribution in [0, 0.1) is 0 Å². The van der Waals surface area contributed by atoms with Crippen molar-refractivity contribution in [2.45, 2.75) is 6.42 Å². The Morgan fingerprint density at radius 1 is 1.21 bits per heavy atom. The Bertz CT molecular complexity index is 375. The number of nitrogens with zero attached hydrogens (tertiary/aromatic N) is 4. The first-order chi connectivity index (χ1) is 9.17. The van der Waals surface area contributed by atoms with Crippen molar-refractivity contribution in [2.75, 3.05) is 56.1 Å². The van der Waals surface area contributed by atoms with Crippen LogP contribution in [0.25, 0.3) is 0 Å². The van der Waals surface area contributed by atoms with Crippen molar-refractivity contribution >= 4 is 17.8 Å². The number of ether oxygens (including phenoxy) is 1. The van der Waals surface area contributed by atoms with Crippen LogP contribution in [0.15, 0.2) is 0 Å². The first kappa shape index (κ1) is 15.3. The highest BCUT2D eigenvalue weighted by molar-refractivity contribution is 5.42. The lowest BCUT2D eigenvalue weighted by molar-refractivity contribution is 0.0921. The molecule has 0 spiro atoms. The Labute approximate surface area is 112 Å². The van der Waals surface area contributed by atoms with E-state index in [9.17, 15) is 0 Å². The van der Waals surface area contributed by atoms with E-state index >= 15 is 0 Å². The lowest BCUT2D eigenvalue weighted by atomic mass is 10.4. The summed E-state index contributed by atoms with van der Waals surface area (Å²) in [5.74, 6) is 6.58. The van der Waals surface area contributed by atoms with Gasteiger partial charge in [-0.3, -0.25) is 5.43 Å². The van der Waals surface area contributed by atoms with Gasteiger partial charge in [0, 0.05) is 27.2 Å². The van der Waals surface area contributed by atoms with Gasteiger partial charge in [-0.1, -0.05) is 0 Å². The molecular formula is C10H21N7O2. The van der Waals surface area contributed by atoms with Gasteiger partial charge in [-0.05, 0) is 6.42 Å². The predicted octanol–water partition coefficient (Wildman–Crippen LogP) is -0.966. The van der Waals surface area contributed by atoms with Crippen LogP contribution in [0.1, 0.15) is 6.42 Å². The van der Waals surface area contributed by atoms with Gasteiger partial charge in [0.25, 0.3) is 0 Å². The third-order valence-corrected chi connectivity index (χ3v) is 2.14. The van der Waals surface area contributed by atoms with Crippen molar-refractivity contribution in [1.29, 1.82) is 0 Å². The number of hydrazine groups is 1. The third-order valence-electron chi connectivity index (χ3n) is 2.14. The lowest BCUT2D eigenvalue weighted by Crippen LogP contribution is -2.19. The van der Waals surface area contributed by atoms with Gasteiger partial charge in [-0.15, -0.1) is 0 Å². The number of rotatable bonds is 9. The summed E-state index contributed by atoms with van der Waals surface area (Å²) in [6, 6.07) is 0. The molecule has 9 heteroatoms. The van der Waals surface area contributed by atoms with Crippen molar-refractivity contribution < 1.29 is 9.84 Å². The maximum Gasteiger partial charge on any atom is 0.243 e. The quantitative estimate of drug-likeness (QED) is 0.255. The van der Waals surface area contributed by atoms with Crippen LogP contribution >= 0.6 is 0 Å². The van der Waals surface area contributed by atoms with Crippen molar-refractivity contribution in [1.82, 2.24) is 15.0 Å². The first-order valence-corrected chi connectivity index (χ1v) is 6.00. The molecule has 1 aromatic rings. The largest absolute Gasteiger partial charge is 0.394 e. The molecule has 0 aliphatic heterocycles. The molecular weight excluding hydrogens is 250 g/mol. The van der Waals surface area contributed by atoms with Crippen molar-refractivity contribution in [2.24, 2.45) is 5.84 Å². The van der Waals surface area contributed by atoms with E-state index in [-0.39, 0.29) is 6.61 Å². The highest BCUT2D eigenvalue weighted by Gasteiger charge is 2.06. The molecule has 9 nitrogen and oxygen atoms in total. The maximum absolute atomic E-state index is 8.55. The van der Waals surface area contributed by atoms with Gasteiger partial charge in [0.2, 0.25) is 17.8 Å². The highest BCUT2D eigenvalue weighted by Crippen LogP contribution is 2.10. The zero-order chi connectivity index (χ0) is 14.1. The normalized spacial score (nSPS) is 10.3. The van der Waals surface area contributed by atoms with E-state index < -0.39 is 0 Å². The van der Waals surface area contributed by atoms with Gasteiger partial charge in [0.05, 0.1) is 13.2 Å². The maximum atomic E-state index is 8.55.